The number of rotatable bonds is 4. The number of halogens is 3. The summed E-state index contributed by atoms with van der Waals surface area (Å²) in [6.45, 7) is 3.01. The number of likely N-dealkylation sites (tertiary alicyclic amines) is 1. The summed E-state index contributed by atoms with van der Waals surface area (Å²) in [6, 6.07) is 4.34. The Labute approximate surface area is 133 Å². The van der Waals surface area contributed by atoms with Crippen LogP contribution in [0.3, 0.4) is 0 Å². The lowest BCUT2D eigenvalue weighted by Gasteiger charge is -2.34. The summed E-state index contributed by atoms with van der Waals surface area (Å²) in [7, 11) is 0. The molecule has 1 heterocycles. The molecule has 1 aliphatic rings. The topological polar surface area (TPSA) is 55.6 Å². The Balaban J connectivity index is 1.86. The normalized spacial score (nSPS) is 20.2. The molecule has 0 unspecified atom stereocenters. The SMILES string of the molecule is C[C@@H](N)[C@H]1CCCN(C(=O)COc2ccc(C(F)(F)F)cc2)C1. The van der Waals surface area contributed by atoms with Crippen molar-refractivity contribution in [3.05, 3.63) is 29.8 Å². The number of hydrogen-bond acceptors (Lipinski definition) is 3. The minimum Gasteiger partial charge on any atom is -0.484 e. The van der Waals surface area contributed by atoms with Gasteiger partial charge in [-0.05, 0) is 49.9 Å². The summed E-state index contributed by atoms with van der Waals surface area (Å²) in [4.78, 5) is 13.9. The molecule has 1 aromatic rings. The number of nitrogens with zero attached hydrogens (tertiary/aromatic N) is 1. The van der Waals surface area contributed by atoms with E-state index in [-0.39, 0.29) is 30.2 Å². The summed E-state index contributed by atoms with van der Waals surface area (Å²) in [5.74, 6) is 0.348. The second kappa shape index (κ2) is 7.21. The molecule has 2 N–H and O–H groups in total. The standard InChI is InChI=1S/C16H21F3N2O2/c1-11(20)12-3-2-8-21(9-12)15(22)10-23-14-6-4-13(5-7-14)16(17,18)19/h4-7,11-12H,2-3,8-10,20H2,1H3/t11-,12+/m1/s1. The predicted octanol–water partition coefficient (Wildman–Crippen LogP) is 2.67. The molecule has 0 spiro atoms. The molecule has 0 aliphatic carbocycles. The monoisotopic (exact) mass is 330 g/mol. The lowest BCUT2D eigenvalue weighted by atomic mass is 9.92. The third-order valence-electron chi connectivity index (χ3n) is 4.10. The number of ether oxygens (including phenoxy) is 1. The van der Waals surface area contributed by atoms with E-state index in [0.717, 1.165) is 25.0 Å². The van der Waals surface area contributed by atoms with Crippen LogP contribution in [0, 0.1) is 5.92 Å². The van der Waals surface area contributed by atoms with Gasteiger partial charge in [0.25, 0.3) is 5.91 Å². The van der Waals surface area contributed by atoms with E-state index in [4.69, 9.17) is 10.5 Å². The molecule has 1 amide bonds. The quantitative estimate of drug-likeness (QED) is 0.923. The minimum atomic E-state index is -4.38. The van der Waals surface area contributed by atoms with Gasteiger partial charge in [0.1, 0.15) is 5.75 Å². The van der Waals surface area contributed by atoms with E-state index < -0.39 is 11.7 Å². The zero-order valence-corrected chi connectivity index (χ0v) is 13.0. The number of amides is 1. The maximum Gasteiger partial charge on any atom is 0.416 e. The lowest BCUT2D eigenvalue weighted by Crippen LogP contribution is -2.46. The maximum atomic E-state index is 12.5. The molecule has 0 aromatic heterocycles. The van der Waals surface area contributed by atoms with E-state index in [1.54, 1.807) is 4.90 Å². The van der Waals surface area contributed by atoms with Crippen molar-refractivity contribution in [2.75, 3.05) is 19.7 Å². The van der Waals surface area contributed by atoms with Crippen LogP contribution in [-0.2, 0) is 11.0 Å². The second-order valence-electron chi connectivity index (χ2n) is 5.91. The van der Waals surface area contributed by atoms with Gasteiger partial charge in [0.05, 0.1) is 5.56 Å². The molecule has 1 aromatic carbocycles. The largest absolute Gasteiger partial charge is 0.484 e. The molecule has 4 nitrogen and oxygen atoms in total. The van der Waals surface area contributed by atoms with Gasteiger partial charge in [-0.1, -0.05) is 0 Å². The molecule has 1 aliphatic heterocycles. The van der Waals surface area contributed by atoms with E-state index in [1.807, 2.05) is 6.92 Å². The first-order chi connectivity index (χ1) is 10.8. The zero-order chi connectivity index (χ0) is 17.0. The average molecular weight is 330 g/mol. The van der Waals surface area contributed by atoms with Crippen molar-refractivity contribution >= 4 is 5.91 Å². The second-order valence-corrected chi connectivity index (χ2v) is 5.91. The van der Waals surface area contributed by atoms with E-state index in [9.17, 15) is 18.0 Å². The van der Waals surface area contributed by atoms with Crippen molar-refractivity contribution in [3.63, 3.8) is 0 Å². The van der Waals surface area contributed by atoms with Crippen LogP contribution in [-0.4, -0.2) is 36.5 Å². The highest BCUT2D eigenvalue weighted by molar-refractivity contribution is 5.77. The highest BCUT2D eigenvalue weighted by Crippen LogP contribution is 2.30. The molecule has 0 bridgehead atoms. The Hall–Kier alpha value is -1.76. The third-order valence-corrected chi connectivity index (χ3v) is 4.10. The summed E-state index contributed by atoms with van der Waals surface area (Å²) in [6.07, 6.45) is -2.48. The summed E-state index contributed by atoms with van der Waals surface area (Å²) in [5.41, 5.74) is 5.14. The number of hydrogen-bond donors (Lipinski definition) is 1. The van der Waals surface area contributed by atoms with Crippen LogP contribution in [0.4, 0.5) is 13.2 Å². The predicted molar refractivity (Wildman–Crippen MR) is 79.9 cm³/mol. The Morgan fingerprint density at radius 3 is 2.61 bits per heavy atom. The van der Waals surface area contributed by atoms with Crippen LogP contribution in [0.25, 0.3) is 0 Å². The third kappa shape index (κ3) is 4.86. The number of carbonyl (C=O) groups excluding carboxylic acids is 1. The van der Waals surface area contributed by atoms with Crippen LogP contribution in [0.2, 0.25) is 0 Å². The van der Waals surface area contributed by atoms with Gasteiger partial charge in [-0.25, -0.2) is 0 Å². The van der Waals surface area contributed by atoms with Crippen LogP contribution in [0.1, 0.15) is 25.3 Å². The van der Waals surface area contributed by atoms with Gasteiger partial charge < -0.3 is 15.4 Å². The van der Waals surface area contributed by atoms with E-state index >= 15 is 0 Å². The molecule has 0 saturated carbocycles. The molecule has 1 fully saturated rings. The fourth-order valence-corrected chi connectivity index (χ4v) is 2.64. The number of nitrogens with two attached hydrogens (primary N) is 1. The van der Waals surface area contributed by atoms with Gasteiger partial charge in [-0.15, -0.1) is 0 Å². The first-order valence-electron chi connectivity index (χ1n) is 7.61. The van der Waals surface area contributed by atoms with E-state index in [1.165, 1.54) is 12.1 Å². The van der Waals surface area contributed by atoms with Crippen LogP contribution < -0.4 is 10.5 Å². The molecule has 7 heteroatoms. The smallest absolute Gasteiger partial charge is 0.416 e. The van der Waals surface area contributed by atoms with Crippen molar-refractivity contribution in [1.82, 2.24) is 4.90 Å². The van der Waals surface area contributed by atoms with Gasteiger partial charge in [-0.2, -0.15) is 13.2 Å². The fraction of sp³-hybridized carbons (Fsp3) is 0.562. The van der Waals surface area contributed by atoms with Crippen LogP contribution in [0.15, 0.2) is 24.3 Å². The number of carbonyl (C=O) groups is 1. The number of benzene rings is 1. The molecule has 128 valence electrons. The Kier molecular flexibility index (Phi) is 5.51. The van der Waals surface area contributed by atoms with Crippen molar-refractivity contribution in [2.45, 2.75) is 32.0 Å². The van der Waals surface area contributed by atoms with E-state index in [0.29, 0.717) is 13.1 Å². The van der Waals surface area contributed by atoms with Gasteiger partial charge in [0.2, 0.25) is 0 Å². The highest BCUT2D eigenvalue weighted by Gasteiger charge is 2.30. The number of piperidine rings is 1. The fourth-order valence-electron chi connectivity index (χ4n) is 2.64. The van der Waals surface area contributed by atoms with Gasteiger partial charge in [0, 0.05) is 19.1 Å². The van der Waals surface area contributed by atoms with Crippen LogP contribution >= 0.6 is 0 Å². The van der Waals surface area contributed by atoms with Crippen molar-refractivity contribution in [1.29, 1.82) is 0 Å². The molecule has 1 saturated heterocycles. The van der Waals surface area contributed by atoms with E-state index in [2.05, 4.69) is 0 Å². The Morgan fingerprint density at radius 2 is 2.04 bits per heavy atom. The molecule has 2 rings (SSSR count). The summed E-state index contributed by atoms with van der Waals surface area (Å²) in [5, 5.41) is 0. The Morgan fingerprint density at radius 1 is 1.39 bits per heavy atom. The van der Waals surface area contributed by atoms with Gasteiger partial charge in [-0.3, -0.25) is 4.79 Å². The lowest BCUT2D eigenvalue weighted by molar-refractivity contribution is -0.138. The average Bonchev–Trinajstić information content (AvgIpc) is 2.52. The zero-order valence-electron chi connectivity index (χ0n) is 13.0. The minimum absolute atomic E-state index is 0.0291. The molecule has 0 radical (unpaired) electrons. The first kappa shape index (κ1) is 17.6. The number of alkyl halides is 3. The molecule has 2 atom stereocenters. The maximum absolute atomic E-state index is 12.5. The van der Waals surface area contributed by atoms with Gasteiger partial charge in [0.15, 0.2) is 6.61 Å². The first-order valence-corrected chi connectivity index (χ1v) is 7.61. The summed E-state index contributed by atoms with van der Waals surface area (Å²) >= 11 is 0. The summed E-state index contributed by atoms with van der Waals surface area (Å²) < 4.78 is 42.7. The Bertz CT molecular complexity index is 529. The molecular formula is C16H21F3N2O2. The van der Waals surface area contributed by atoms with Crippen molar-refractivity contribution in [3.8, 4) is 5.75 Å². The van der Waals surface area contributed by atoms with Gasteiger partial charge >= 0.3 is 6.18 Å². The van der Waals surface area contributed by atoms with Crippen LogP contribution in [0.5, 0.6) is 5.75 Å². The molecular weight excluding hydrogens is 309 g/mol. The van der Waals surface area contributed by atoms with Crippen molar-refractivity contribution in [2.24, 2.45) is 11.7 Å². The molecule has 23 heavy (non-hydrogen) atoms. The highest BCUT2D eigenvalue weighted by atomic mass is 19.4. The van der Waals surface area contributed by atoms with Crippen molar-refractivity contribution < 1.29 is 22.7 Å².